The van der Waals surface area contributed by atoms with Crippen LogP contribution >= 0.6 is 58.8 Å². The molecule has 0 saturated carbocycles. The van der Waals surface area contributed by atoms with Crippen molar-refractivity contribution < 1.29 is 50.8 Å². The van der Waals surface area contributed by atoms with Gasteiger partial charge in [0.25, 0.3) is 11.8 Å². The summed E-state index contributed by atoms with van der Waals surface area (Å²) in [5, 5.41) is 20.0. The lowest BCUT2D eigenvalue weighted by Gasteiger charge is -2.27. The Bertz CT molecular complexity index is 3900. The molecular weight excluding hydrogens is 1300 g/mol. The summed E-state index contributed by atoms with van der Waals surface area (Å²) in [6.07, 6.45) is 2.09. The number of alkyl halides is 2. The smallest absolute Gasteiger partial charge is 0.261 e. The number of carbonyl (C=O) groups is 2. The molecule has 8 rings (SSSR count). The van der Waals surface area contributed by atoms with E-state index < -0.39 is 42.5 Å². The standard InChI is InChI=1S/C33H29Cl2N5O6S.C26H28Cl2N4O4S.2CH4.ClH.H4N2.H2O/c1-33(2,22-14-20(17-36)29(28(35)15-22)45-13-12-34)21-8-10-25(11-9-21)46-19-24-16-23(37-32(38-24)39-47(3,43)44)18-40-30(41)26-6-4-5-7-27(26)31(40)42;1-26(2,19-10-17(13-29)25(23(28)11-19)35-9-8-27)18-4-6-22(7-5-18)36-15-21-12-20(14-30)31-24(32-21)16-37(3,33)34;;;;1-2;/h4-11,14-16H,12-13,18-19H2,1-3H3,(H,37,38,39);4-7,10-12H,8-9,14-16,30H2,1-3H3;2*1H4;1H;1-2H2;1H2. The number of hydrazine groups is 1. The van der Waals surface area contributed by atoms with E-state index in [0.29, 0.717) is 61.3 Å². The van der Waals surface area contributed by atoms with Gasteiger partial charge in [0.2, 0.25) is 16.0 Å². The Morgan fingerprint density at radius 2 is 1.00 bits per heavy atom. The molecule has 2 aromatic heterocycles. The number of amides is 2. The minimum absolute atomic E-state index is 0. The van der Waals surface area contributed by atoms with E-state index in [1.807, 2.05) is 64.1 Å². The van der Waals surface area contributed by atoms with Gasteiger partial charge in [0.05, 0.1) is 79.6 Å². The molecule has 29 heteroatoms. The lowest BCUT2D eigenvalue weighted by Crippen LogP contribution is -2.30. The van der Waals surface area contributed by atoms with E-state index in [-0.39, 0.29) is 118 Å². The van der Waals surface area contributed by atoms with Crippen LogP contribution < -0.4 is 41.1 Å². The number of sulfone groups is 1. The molecule has 5 aromatic carbocycles. The van der Waals surface area contributed by atoms with Crippen LogP contribution in [-0.2, 0) is 62.7 Å². The van der Waals surface area contributed by atoms with Crippen LogP contribution in [0.3, 0.4) is 0 Å². The molecule has 0 aliphatic carbocycles. The molecule has 7 aromatic rings. The maximum atomic E-state index is 12.9. The number of rotatable bonds is 23. The summed E-state index contributed by atoms with van der Waals surface area (Å²) in [5.41, 5.74) is 11.1. The number of hydrogen-bond acceptors (Lipinski definition) is 19. The number of nitriles is 2. The Balaban J connectivity index is 0.000000586. The van der Waals surface area contributed by atoms with E-state index in [4.69, 9.17) is 71.1 Å². The summed E-state index contributed by atoms with van der Waals surface area (Å²) >= 11 is 24.4. The molecule has 0 spiro atoms. The first-order valence-electron chi connectivity index (χ1n) is 26.0. The minimum Gasteiger partial charge on any atom is -0.489 e. The highest BCUT2D eigenvalue weighted by molar-refractivity contribution is 7.92. The zero-order valence-electron chi connectivity index (χ0n) is 48.4. The molecule has 484 valence electrons. The molecule has 1 aliphatic rings. The summed E-state index contributed by atoms with van der Waals surface area (Å²) in [6, 6.07) is 36.0. The predicted molar refractivity (Wildman–Crippen MR) is 353 cm³/mol. The van der Waals surface area contributed by atoms with Crippen LogP contribution in [0.15, 0.2) is 109 Å². The van der Waals surface area contributed by atoms with Crippen molar-refractivity contribution >= 4 is 96.4 Å². The third kappa shape index (κ3) is 20.5. The van der Waals surface area contributed by atoms with Gasteiger partial charge in [-0.3, -0.25) is 30.9 Å². The third-order valence-corrected chi connectivity index (χ3v) is 15.3. The third-order valence-electron chi connectivity index (χ3n) is 13.1. The first-order valence-corrected chi connectivity index (χ1v) is 31.7. The highest BCUT2D eigenvalue weighted by Gasteiger charge is 2.36. The first-order chi connectivity index (χ1) is 40.8. The molecular formula is C61H72Cl5N11O11S2. The normalized spacial score (nSPS) is 11.6. The molecule has 2 amide bonds. The van der Waals surface area contributed by atoms with Gasteiger partial charge in [0, 0.05) is 23.6 Å². The second-order valence-electron chi connectivity index (χ2n) is 20.2. The van der Waals surface area contributed by atoms with Crippen LogP contribution in [0.1, 0.15) is 125 Å². The molecule has 3 heterocycles. The number of halogens is 5. The number of nitrogens with zero attached hydrogens (tertiary/aromatic N) is 7. The number of benzene rings is 5. The number of carbonyl (C=O) groups excluding carboxylic acids is 2. The number of nitrogens with one attached hydrogen (secondary N) is 1. The number of nitrogens with two attached hydrogens (primary N) is 3. The predicted octanol–water partition coefficient (Wildman–Crippen LogP) is 9.91. The van der Waals surface area contributed by atoms with Gasteiger partial charge in [-0.1, -0.05) is 102 Å². The quantitative estimate of drug-likeness (QED) is 0.0200. The second-order valence-corrected chi connectivity index (χ2v) is 25.6. The lowest BCUT2D eigenvalue weighted by molar-refractivity contribution is 0.0640. The lowest BCUT2D eigenvalue weighted by atomic mass is 9.77. The fraction of sp³-hybridized carbons (Fsp3) is 0.311. The van der Waals surface area contributed by atoms with Gasteiger partial charge in [-0.05, 0) is 95.1 Å². The Kier molecular flexibility index (Phi) is 30.3. The number of ether oxygens (including phenoxy) is 4. The SMILES string of the molecule is C.C.CC(C)(c1ccc(OCc2cc(CN)nc(CS(C)(=O)=O)n2)cc1)c1cc(Cl)c(OCCCl)c(C#N)c1.CC(C)(c1ccc(OCc2cc(CN3C(=O)c4ccccc4C3=O)nc(NS(C)(=O)=O)n2)cc1)c1cc(Cl)c(OCCCl)c(C#N)c1.Cl.NN.O. The van der Waals surface area contributed by atoms with Crippen LogP contribution in [0.2, 0.25) is 10.0 Å². The number of fused-ring (bicyclic) bond motifs is 1. The monoisotopic (exact) mass is 1370 g/mol. The Morgan fingerprint density at radius 3 is 1.39 bits per heavy atom. The van der Waals surface area contributed by atoms with Crippen molar-refractivity contribution in [3.8, 4) is 35.1 Å². The van der Waals surface area contributed by atoms with Crippen LogP contribution in [-0.4, -0.2) is 96.4 Å². The number of imide groups is 1. The molecule has 0 radical (unpaired) electrons. The van der Waals surface area contributed by atoms with Crippen molar-refractivity contribution in [1.29, 1.82) is 10.5 Å². The maximum Gasteiger partial charge on any atom is 0.261 e. The fourth-order valence-corrected chi connectivity index (χ4v) is 10.5. The van der Waals surface area contributed by atoms with Crippen molar-refractivity contribution in [2.45, 2.75) is 85.4 Å². The first kappa shape index (κ1) is 78.7. The molecule has 0 fully saturated rings. The van der Waals surface area contributed by atoms with Crippen molar-refractivity contribution in [2.24, 2.45) is 17.4 Å². The maximum absolute atomic E-state index is 12.9. The molecule has 0 atom stereocenters. The van der Waals surface area contributed by atoms with Crippen LogP contribution in [0.4, 0.5) is 5.95 Å². The Labute approximate surface area is 551 Å². The van der Waals surface area contributed by atoms with Gasteiger partial charge in [-0.25, -0.2) is 36.8 Å². The number of sulfonamides is 1. The highest BCUT2D eigenvalue weighted by Crippen LogP contribution is 2.41. The van der Waals surface area contributed by atoms with Crippen molar-refractivity contribution in [1.82, 2.24) is 24.8 Å². The van der Waals surface area contributed by atoms with Crippen molar-refractivity contribution in [3.63, 3.8) is 0 Å². The van der Waals surface area contributed by atoms with Gasteiger partial charge in [0.1, 0.15) is 61.6 Å². The van der Waals surface area contributed by atoms with Crippen molar-refractivity contribution in [3.05, 3.63) is 192 Å². The van der Waals surface area contributed by atoms with E-state index in [2.05, 4.69) is 48.5 Å². The zero-order valence-corrected chi connectivity index (χ0v) is 53.9. The van der Waals surface area contributed by atoms with E-state index in [1.165, 1.54) is 0 Å². The summed E-state index contributed by atoms with van der Waals surface area (Å²) in [5.74, 6) is 9.05. The molecule has 0 bridgehead atoms. The summed E-state index contributed by atoms with van der Waals surface area (Å²) < 4.78 is 72.4. The summed E-state index contributed by atoms with van der Waals surface area (Å²) in [6.45, 7) is 8.57. The highest BCUT2D eigenvalue weighted by atomic mass is 35.5. The topological polar surface area (TPSA) is 363 Å². The number of aromatic nitrogens is 4. The van der Waals surface area contributed by atoms with Crippen LogP contribution in [0.25, 0.3) is 0 Å². The summed E-state index contributed by atoms with van der Waals surface area (Å²) in [4.78, 5) is 43.8. The number of anilines is 1. The fourth-order valence-electron chi connectivity index (χ4n) is 8.79. The van der Waals surface area contributed by atoms with Gasteiger partial charge < -0.3 is 30.2 Å². The minimum atomic E-state index is -3.73. The molecule has 0 saturated heterocycles. The molecule has 1 aliphatic heterocycles. The molecule has 9 N–H and O–H groups in total. The average molecular weight is 1380 g/mol. The van der Waals surface area contributed by atoms with Gasteiger partial charge in [-0.2, -0.15) is 10.5 Å². The van der Waals surface area contributed by atoms with Gasteiger partial charge in [0.15, 0.2) is 21.3 Å². The second kappa shape index (κ2) is 34.7. The van der Waals surface area contributed by atoms with Gasteiger partial charge in [-0.15, -0.1) is 35.6 Å². The van der Waals surface area contributed by atoms with Crippen LogP contribution in [0, 0.1) is 22.7 Å². The van der Waals surface area contributed by atoms with Crippen LogP contribution in [0.5, 0.6) is 23.0 Å². The summed E-state index contributed by atoms with van der Waals surface area (Å²) in [7, 11) is -7.01. The zero-order chi connectivity index (χ0) is 63.1. The molecule has 22 nitrogen and oxygen atoms in total. The Morgan fingerprint density at radius 1 is 0.600 bits per heavy atom. The Hall–Kier alpha value is -7.43. The average Bonchev–Trinajstić information content (AvgIpc) is 1.59. The largest absolute Gasteiger partial charge is 0.489 e. The molecule has 0 unspecified atom stereocenters. The van der Waals surface area contributed by atoms with E-state index in [9.17, 15) is 36.9 Å². The number of hydrogen-bond donors (Lipinski definition) is 4. The van der Waals surface area contributed by atoms with Crippen molar-refractivity contribution in [2.75, 3.05) is 42.2 Å². The van der Waals surface area contributed by atoms with E-state index in [0.717, 1.165) is 39.7 Å². The van der Waals surface area contributed by atoms with E-state index >= 15 is 0 Å². The van der Waals surface area contributed by atoms with E-state index in [1.54, 1.807) is 72.8 Å². The van der Waals surface area contributed by atoms with Gasteiger partial charge >= 0.3 is 0 Å². The molecule has 90 heavy (non-hydrogen) atoms.